The first-order chi connectivity index (χ1) is 8.90. The third-order valence-electron chi connectivity index (χ3n) is 3.16. The minimum atomic E-state index is -0.887. The van der Waals surface area contributed by atoms with Gasteiger partial charge in [-0.25, -0.2) is 9.07 Å². The van der Waals surface area contributed by atoms with Crippen molar-refractivity contribution in [3.05, 3.63) is 46.5 Å². The van der Waals surface area contributed by atoms with Crippen molar-refractivity contribution < 1.29 is 14.3 Å². The first-order valence-electron chi connectivity index (χ1n) is 5.93. The van der Waals surface area contributed by atoms with E-state index in [1.54, 1.807) is 24.6 Å². The van der Waals surface area contributed by atoms with Crippen molar-refractivity contribution in [3.63, 3.8) is 0 Å². The van der Waals surface area contributed by atoms with Gasteiger partial charge in [-0.1, -0.05) is 0 Å². The van der Waals surface area contributed by atoms with Crippen LogP contribution >= 0.6 is 0 Å². The Morgan fingerprint density at radius 2 is 2.05 bits per heavy atom. The lowest BCUT2D eigenvalue weighted by Gasteiger charge is -2.08. The van der Waals surface area contributed by atoms with Crippen LogP contribution in [0.3, 0.4) is 0 Å². The van der Waals surface area contributed by atoms with Crippen molar-refractivity contribution in [1.82, 2.24) is 9.78 Å². The molecule has 0 atom stereocenters. The first-order valence-corrected chi connectivity index (χ1v) is 5.93. The van der Waals surface area contributed by atoms with Gasteiger partial charge in [-0.15, -0.1) is 0 Å². The molecule has 19 heavy (non-hydrogen) atoms. The molecule has 0 aliphatic heterocycles. The van der Waals surface area contributed by atoms with E-state index < -0.39 is 5.97 Å². The van der Waals surface area contributed by atoms with E-state index in [4.69, 9.17) is 5.11 Å². The van der Waals surface area contributed by atoms with Gasteiger partial charge in [-0.2, -0.15) is 5.10 Å². The van der Waals surface area contributed by atoms with Crippen LogP contribution in [0.15, 0.2) is 18.2 Å². The summed E-state index contributed by atoms with van der Waals surface area (Å²) in [7, 11) is 0. The summed E-state index contributed by atoms with van der Waals surface area (Å²) in [6, 6.07) is 4.45. The lowest BCUT2D eigenvalue weighted by Crippen LogP contribution is -2.04. The molecular weight excluding hydrogens is 247 g/mol. The van der Waals surface area contributed by atoms with Gasteiger partial charge in [0.15, 0.2) is 0 Å². The number of aryl methyl sites for hydroxylation is 2. The number of benzene rings is 1. The van der Waals surface area contributed by atoms with E-state index in [1.165, 1.54) is 12.1 Å². The number of hydrogen-bond acceptors (Lipinski definition) is 2. The molecule has 0 unspecified atom stereocenters. The van der Waals surface area contributed by atoms with E-state index in [2.05, 4.69) is 5.10 Å². The normalized spacial score (nSPS) is 10.7. The summed E-state index contributed by atoms with van der Waals surface area (Å²) in [6.07, 6.45) is -0.0576. The van der Waals surface area contributed by atoms with Crippen LogP contribution in [0.5, 0.6) is 0 Å². The summed E-state index contributed by atoms with van der Waals surface area (Å²) in [5.74, 6) is -1.19. The largest absolute Gasteiger partial charge is 0.481 e. The number of hydrogen-bond donors (Lipinski definition) is 1. The summed E-state index contributed by atoms with van der Waals surface area (Å²) < 4.78 is 14.8. The maximum absolute atomic E-state index is 13.1. The van der Waals surface area contributed by atoms with E-state index in [0.717, 1.165) is 16.9 Å². The fourth-order valence-corrected chi connectivity index (χ4v) is 2.17. The van der Waals surface area contributed by atoms with Gasteiger partial charge in [-0.3, -0.25) is 4.79 Å². The van der Waals surface area contributed by atoms with Crippen LogP contribution in [0, 0.1) is 26.6 Å². The summed E-state index contributed by atoms with van der Waals surface area (Å²) in [5.41, 5.74) is 3.68. The number of aromatic nitrogens is 2. The zero-order valence-electron chi connectivity index (χ0n) is 11.1. The highest BCUT2D eigenvalue weighted by molar-refractivity contribution is 5.71. The van der Waals surface area contributed by atoms with Gasteiger partial charge in [0, 0.05) is 11.3 Å². The van der Waals surface area contributed by atoms with Crippen molar-refractivity contribution in [3.8, 4) is 5.69 Å². The SMILES string of the molecule is Cc1cc(F)ccc1-n1nc(C)c(CC(=O)O)c1C. The van der Waals surface area contributed by atoms with Crippen LogP contribution in [-0.4, -0.2) is 20.9 Å². The van der Waals surface area contributed by atoms with Crippen molar-refractivity contribution >= 4 is 5.97 Å². The predicted octanol–water partition coefficient (Wildman–Crippen LogP) is 2.56. The second-order valence-corrected chi connectivity index (χ2v) is 4.56. The van der Waals surface area contributed by atoms with E-state index in [1.807, 2.05) is 6.92 Å². The zero-order valence-corrected chi connectivity index (χ0v) is 11.1. The minimum absolute atomic E-state index is 0.0576. The van der Waals surface area contributed by atoms with Gasteiger partial charge >= 0.3 is 5.97 Å². The summed E-state index contributed by atoms with van der Waals surface area (Å²) >= 11 is 0. The summed E-state index contributed by atoms with van der Waals surface area (Å²) in [4.78, 5) is 10.8. The fourth-order valence-electron chi connectivity index (χ4n) is 2.17. The van der Waals surface area contributed by atoms with Gasteiger partial charge in [-0.05, 0) is 44.5 Å². The molecule has 0 saturated heterocycles. The van der Waals surface area contributed by atoms with Crippen LogP contribution < -0.4 is 0 Å². The van der Waals surface area contributed by atoms with Gasteiger partial charge in [0.2, 0.25) is 0 Å². The van der Waals surface area contributed by atoms with E-state index in [-0.39, 0.29) is 12.2 Å². The Bertz CT molecular complexity index is 647. The van der Waals surface area contributed by atoms with Crippen molar-refractivity contribution in [1.29, 1.82) is 0 Å². The Morgan fingerprint density at radius 3 is 2.63 bits per heavy atom. The topological polar surface area (TPSA) is 55.1 Å². The molecule has 5 heteroatoms. The molecule has 0 aliphatic rings. The third kappa shape index (κ3) is 2.50. The van der Waals surface area contributed by atoms with Gasteiger partial charge in [0.25, 0.3) is 0 Å². The number of nitrogens with zero attached hydrogens (tertiary/aromatic N) is 2. The predicted molar refractivity (Wildman–Crippen MR) is 69.1 cm³/mol. The van der Waals surface area contributed by atoms with Crippen molar-refractivity contribution in [2.45, 2.75) is 27.2 Å². The number of carbonyl (C=O) groups is 1. The van der Waals surface area contributed by atoms with Crippen LogP contribution in [0.4, 0.5) is 4.39 Å². The first kappa shape index (κ1) is 13.3. The fraction of sp³-hybridized carbons (Fsp3) is 0.286. The highest BCUT2D eigenvalue weighted by Crippen LogP contribution is 2.21. The molecule has 0 fully saturated rings. The maximum atomic E-state index is 13.1. The van der Waals surface area contributed by atoms with Crippen molar-refractivity contribution in [2.75, 3.05) is 0 Å². The molecule has 1 heterocycles. The summed E-state index contributed by atoms with van der Waals surface area (Å²) in [6.45, 7) is 5.40. The highest BCUT2D eigenvalue weighted by atomic mass is 19.1. The third-order valence-corrected chi connectivity index (χ3v) is 3.16. The molecule has 1 N–H and O–H groups in total. The molecule has 0 amide bonds. The highest BCUT2D eigenvalue weighted by Gasteiger charge is 2.16. The van der Waals surface area contributed by atoms with Gasteiger partial charge < -0.3 is 5.11 Å². The number of aliphatic carboxylic acids is 1. The molecular formula is C14H15FN2O2. The second-order valence-electron chi connectivity index (χ2n) is 4.56. The number of carboxylic acid groups (broad SMARTS) is 1. The van der Waals surface area contributed by atoms with Gasteiger partial charge in [0.1, 0.15) is 5.82 Å². The molecule has 4 nitrogen and oxygen atoms in total. The summed E-state index contributed by atoms with van der Waals surface area (Å²) in [5, 5.41) is 13.3. The average Bonchev–Trinajstić information content (AvgIpc) is 2.57. The zero-order chi connectivity index (χ0) is 14.2. The maximum Gasteiger partial charge on any atom is 0.307 e. The smallest absolute Gasteiger partial charge is 0.307 e. The number of halogens is 1. The molecule has 1 aromatic heterocycles. The molecule has 1 aromatic carbocycles. The lowest BCUT2D eigenvalue weighted by atomic mass is 10.1. The molecule has 2 rings (SSSR count). The molecule has 0 aliphatic carbocycles. The van der Waals surface area contributed by atoms with E-state index >= 15 is 0 Å². The van der Waals surface area contributed by atoms with Crippen LogP contribution in [0.1, 0.15) is 22.5 Å². The van der Waals surface area contributed by atoms with E-state index in [0.29, 0.717) is 11.3 Å². The Kier molecular flexibility index (Phi) is 3.38. The molecule has 0 saturated carbocycles. The monoisotopic (exact) mass is 262 g/mol. The number of carboxylic acids is 1. The molecule has 100 valence electrons. The Morgan fingerprint density at radius 1 is 1.37 bits per heavy atom. The molecule has 0 spiro atoms. The number of rotatable bonds is 3. The Labute approximate surface area is 110 Å². The lowest BCUT2D eigenvalue weighted by molar-refractivity contribution is -0.136. The Hall–Kier alpha value is -2.17. The molecule has 2 aromatic rings. The van der Waals surface area contributed by atoms with Crippen LogP contribution in [0.25, 0.3) is 5.69 Å². The quantitative estimate of drug-likeness (QED) is 0.924. The van der Waals surface area contributed by atoms with E-state index in [9.17, 15) is 9.18 Å². The average molecular weight is 262 g/mol. The second kappa shape index (κ2) is 4.84. The standard InChI is InChI=1S/C14H15FN2O2/c1-8-6-11(15)4-5-13(8)17-10(3)12(7-14(18)19)9(2)16-17/h4-6H,7H2,1-3H3,(H,18,19). The van der Waals surface area contributed by atoms with Crippen LogP contribution in [0.2, 0.25) is 0 Å². The van der Waals surface area contributed by atoms with Gasteiger partial charge in [0.05, 0.1) is 17.8 Å². The van der Waals surface area contributed by atoms with Crippen LogP contribution in [-0.2, 0) is 11.2 Å². The van der Waals surface area contributed by atoms with Crippen molar-refractivity contribution in [2.24, 2.45) is 0 Å². The Balaban J connectivity index is 2.54. The minimum Gasteiger partial charge on any atom is -0.481 e. The molecule has 0 bridgehead atoms. The molecule has 0 radical (unpaired) electrons.